The first-order chi connectivity index (χ1) is 19.7. The van der Waals surface area contributed by atoms with E-state index in [1.807, 2.05) is 31.1 Å². The molecule has 1 aliphatic carbocycles. The molecule has 2 heterocycles. The molecule has 0 radical (unpaired) electrons. The van der Waals surface area contributed by atoms with Crippen LogP contribution >= 0.6 is 23.2 Å². The lowest BCUT2D eigenvalue weighted by atomic mass is 9.77. The molecule has 0 spiro atoms. The van der Waals surface area contributed by atoms with Crippen molar-refractivity contribution in [2.24, 2.45) is 5.10 Å². The fourth-order valence-electron chi connectivity index (χ4n) is 5.45. The average molecular weight is 598 g/mol. The van der Waals surface area contributed by atoms with E-state index in [1.165, 1.54) is 12.1 Å². The fraction of sp³-hybridized carbons (Fsp3) is 0.357. The predicted octanol–water partition coefficient (Wildman–Crippen LogP) is 4.87. The minimum atomic E-state index is -0.618. The van der Waals surface area contributed by atoms with Crippen molar-refractivity contribution < 1.29 is 14.7 Å². The number of phenolic OH excluding ortho intramolecular Hbond substituents is 1. The number of nitrogens with zero attached hydrogens (tertiary/aromatic N) is 6. The summed E-state index contributed by atoms with van der Waals surface area (Å²) in [5.74, 6) is 0.00871. The first-order valence-electron chi connectivity index (χ1n) is 13.2. The van der Waals surface area contributed by atoms with Crippen LogP contribution in [0.15, 0.2) is 52.6 Å². The second-order valence-electron chi connectivity index (χ2n) is 10.5. The molecule has 2 atom stereocenters. The van der Waals surface area contributed by atoms with Crippen molar-refractivity contribution >= 4 is 52.1 Å². The molecule has 41 heavy (non-hydrogen) atoms. The van der Waals surface area contributed by atoms with Crippen LogP contribution in [-0.2, 0) is 9.59 Å². The monoisotopic (exact) mass is 596 g/mol. The molecule has 1 saturated carbocycles. The highest BCUT2D eigenvalue weighted by Crippen LogP contribution is 2.44. The summed E-state index contributed by atoms with van der Waals surface area (Å²) in [5, 5.41) is 30.5. The van der Waals surface area contributed by atoms with Crippen LogP contribution in [-0.4, -0.2) is 68.8 Å². The first kappa shape index (κ1) is 28.7. The molecule has 2 amide bonds. The SMILES string of the molecule is CC1=C(CN(C)C)C(=O)N(c2ccc(Cl)c(Cl)c2)C(=O)/C1=N/Nc1cccc(C2CCCC(c3nnn[nH]3)C2)c1O. The Morgan fingerprint density at radius 2 is 1.90 bits per heavy atom. The zero-order valence-electron chi connectivity index (χ0n) is 22.9. The third-order valence-corrected chi connectivity index (χ3v) is 8.27. The Hall–Kier alpha value is -3.80. The number of carbonyl (C=O) groups is 2. The normalized spacial score (nSPS) is 20.8. The summed E-state index contributed by atoms with van der Waals surface area (Å²) < 4.78 is 0. The average Bonchev–Trinajstić information content (AvgIpc) is 3.49. The summed E-state index contributed by atoms with van der Waals surface area (Å²) in [6.07, 6.45) is 3.65. The van der Waals surface area contributed by atoms with Crippen molar-refractivity contribution in [3.05, 3.63) is 69.0 Å². The molecular formula is C28H30Cl2N8O3. The number of tetrazole rings is 1. The number of phenols is 1. The van der Waals surface area contributed by atoms with Gasteiger partial charge in [0.2, 0.25) is 0 Å². The Labute approximate surface area is 247 Å². The van der Waals surface area contributed by atoms with Gasteiger partial charge in [0.1, 0.15) is 5.75 Å². The van der Waals surface area contributed by atoms with E-state index in [1.54, 1.807) is 19.1 Å². The first-order valence-corrected chi connectivity index (χ1v) is 14.0. The summed E-state index contributed by atoms with van der Waals surface area (Å²) in [6, 6.07) is 10.00. The van der Waals surface area contributed by atoms with Gasteiger partial charge in [-0.1, -0.05) is 41.8 Å². The van der Waals surface area contributed by atoms with Crippen LogP contribution in [0.2, 0.25) is 10.0 Å². The third-order valence-electron chi connectivity index (χ3n) is 7.53. The van der Waals surface area contributed by atoms with Gasteiger partial charge in [-0.05, 0) is 92.0 Å². The summed E-state index contributed by atoms with van der Waals surface area (Å²) in [6.45, 7) is 1.98. The molecule has 2 aromatic carbocycles. The smallest absolute Gasteiger partial charge is 0.286 e. The van der Waals surface area contributed by atoms with E-state index >= 15 is 0 Å². The molecular weight excluding hydrogens is 567 g/mol. The number of imide groups is 1. The molecule has 2 aliphatic rings. The number of aromatic amines is 1. The van der Waals surface area contributed by atoms with Gasteiger partial charge in [-0.3, -0.25) is 15.0 Å². The third kappa shape index (κ3) is 5.83. The van der Waals surface area contributed by atoms with E-state index in [-0.39, 0.29) is 34.0 Å². The van der Waals surface area contributed by atoms with Gasteiger partial charge in [-0.25, -0.2) is 10.00 Å². The number of H-pyrrole nitrogens is 1. The van der Waals surface area contributed by atoms with E-state index in [9.17, 15) is 14.7 Å². The second-order valence-corrected chi connectivity index (χ2v) is 11.4. The molecule has 1 aromatic heterocycles. The Morgan fingerprint density at radius 3 is 2.61 bits per heavy atom. The van der Waals surface area contributed by atoms with Gasteiger partial charge in [0.25, 0.3) is 11.8 Å². The number of hydrogen-bond acceptors (Lipinski definition) is 9. The molecule has 1 fully saturated rings. The fourth-order valence-corrected chi connectivity index (χ4v) is 5.74. The number of likely N-dealkylation sites (N-methyl/N-ethyl adjacent to an activating group) is 1. The van der Waals surface area contributed by atoms with E-state index in [4.69, 9.17) is 23.2 Å². The zero-order chi connectivity index (χ0) is 29.3. The van der Waals surface area contributed by atoms with Gasteiger partial charge in [-0.2, -0.15) is 5.10 Å². The van der Waals surface area contributed by atoms with E-state index < -0.39 is 11.8 Å². The Morgan fingerprint density at radius 1 is 1.12 bits per heavy atom. The lowest BCUT2D eigenvalue weighted by Crippen LogP contribution is -2.49. The molecule has 0 bridgehead atoms. The lowest BCUT2D eigenvalue weighted by molar-refractivity contribution is -0.121. The van der Waals surface area contributed by atoms with Crippen molar-refractivity contribution in [1.29, 1.82) is 0 Å². The van der Waals surface area contributed by atoms with Gasteiger partial charge in [0.05, 0.1) is 21.4 Å². The number of amides is 2. The quantitative estimate of drug-likeness (QED) is 0.199. The number of nitrogens with one attached hydrogen (secondary N) is 2. The van der Waals surface area contributed by atoms with Crippen molar-refractivity contribution in [1.82, 2.24) is 25.5 Å². The molecule has 2 unspecified atom stereocenters. The van der Waals surface area contributed by atoms with Crippen LogP contribution in [0.3, 0.4) is 0 Å². The van der Waals surface area contributed by atoms with Crippen LogP contribution in [0.25, 0.3) is 0 Å². The Bertz CT molecular complexity index is 1540. The number of aromatic hydroxyl groups is 1. The number of anilines is 2. The van der Waals surface area contributed by atoms with Gasteiger partial charge < -0.3 is 10.0 Å². The van der Waals surface area contributed by atoms with Crippen LogP contribution < -0.4 is 10.3 Å². The summed E-state index contributed by atoms with van der Waals surface area (Å²) in [7, 11) is 3.67. The highest BCUT2D eigenvalue weighted by molar-refractivity contribution is 6.57. The van der Waals surface area contributed by atoms with Crippen LogP contribution in [0, 0.1) is 0 Å². The van der Waals surface area contributed by atoms with Gasteiger partial charge >= 0.3 is 0 Å². The molecule has 5 rings (SSSR count). The van der Waals surface area contributed by atoms with Crippen molar-refractivity contribution in [3.63, 3.8) is 0 Å². The van der Waals surface area contributed by atoms with Gasteiger partial charge in [0, 0.05) is 18.0 Å². The molecule has 1 aliphatic heterocycles. The Kier molecular flexibility index (Phi) is 8.39. The summed E-state index contributed by atoms with van der Waals surface area (Å²) in [4.78, 5) is 30.1. The lowest BCUT2D eigenvalue weighted by Gasteiger charge is -2.30. The predicted molar refractivity (Wildman–Crippen MR) is 158 cm³/mol. The Balaban J connectivity index is 1.46. The van der Waals surface area contributed by atoms with E-state index in [0.29, 0.717) is 28.4 Å². The number of carbonyl (C=O) groups excluding carboxylic acids is 2. The number of hydrazone groups is 1. The van der Waals surface area contributed by atoms with Crippen molar-refractivity contribution in [3.8, 4) is 5.75 Å². The maximum absolute atomic E-state index is 13.7. The number of halogens is 2. The summed E-state index contributed by atoms with van der Waals surface area (Å²) in [5.41, 5.74) is 5.22. The van der Waals surface area contributed by atoms with Crippen molar-refractivity contribution in [2.75, 3.05) is 31.0 Å². The molecule has 13 heteroatoms. The topological polar surface area (TPSA) is 140 Å². The number of rotatable bonds is 7. The van der Waals surface area contributed by atoms with Crippen molar-refractivity contribution in [2.45, 2.75) is 44.4 Å². The van der Waals surface area contributed by atoms with Crippen LogP contribution in [0.4, 0.5) is 11.4 Å². The van der Waals surface area contributed by atoms with Crippen LogP contribution in [0.1, 0.15) is 55.8 Å². The molecule has 11 nitrogen and oxygen atoms in total. The number of hydrogen-bond donors (Lipinski definition) is 3. The molecule has 3 aromatic rings. The van der Waals surface area contributed by atoms with E-state index in [0.717, 1.165) is 42.0 Å². The minimum Gasteiger partial charge on any atom is -0.505 e. The number of benzene rings is 2. The minimum absolute atomic E-state index is 0.0490. The molecule has 3 N–H and O–H groups in total. The zero-order valence-corrected chi connectivity index (χ0v) is 24.4. The maximum atomic E-state index is 13.7. The number of para-hydroxylation sites is 1. The number of aromatic nitrogens is 4. The van der Waals surface area contributed by atoms with Gasteiger partial charge in [0.15, 0.2) is 11.5 Å². The second kappa shape index (κ2) is 12.0. The molecule has 0 saturated heterocycles. The van der Waals surface area contributed by atoms with Crippen LogP contribution in [0.5, 0.6) is 5.75 Å². The van der Waals surface area contributed by atoms with Gasteiger partial charge in [-0.15, -0.1) is 5.10 Å². The largest absolute Gasteiger partial charge is 0.505 e. The molecule has 214 valence electrons. The highest BCUT2D eigenvalue weighted by atomic mass is 35.5. The maximum Gasteiger partial charge on any atom is 0.286 e. The van der Waals surface area contributed by atoms with E-state index in [2.05, 4.69) is 31.2 Å². The summed E-state index contributed by atoms with van der Waals surface area (Å²) >= 11 is 12.3. The standard InChI is InChI=1S/C28H30Cl2N8O3/c1-15-20(14-37(2)3)27(40)38(18-10-11-21(29)22(30)13-18)28(41)24(15)32-31-23-9-5-8-19(25(23)39)16-6-4-7-17(12-16)26-33-35-36-34-26/h5,8-11,13,16-17,31,39H,4,6-7,12,14H2,1-3H3,(H,33,34,35,36)/b32-24+. The highest BCUT2D eigenvalue weighted by Gasteiger charge is 2.38.